The first-order valence-corrected chi connectivity index (χ1v) is 5.82. The van der Waals surface area contributed by atoms with Gasteiger partial charge in [0.1, 0.15) is 0 Å². The Morgan fingerprint density at radius 3 is 2.47 bits per heavy atom. The minimum atomic E-state index is 0.364. The van der Waals surface area contributed by atoms with E-state index in [-0.39, 0.29) is 0 Å². The van der Waals surface area contributed by atoms with Crippen molar-refractivity contribution in [3.05, 3.63) is 31.8 Å². The highest BCUT2D eigenvalue weighted by molar-refractivity contribution is 9.10. The predicted octanol–water partition coefficient (Wildman–Crippen LogP) is 4.54. The Bertz CT molecular complexity index is 557. The molecule has 1 aromatic carbocycles. The van der Waals surface area contributed by atoms with Crippen molar-refractivity contribution >= 4 is 67.3 Å². The fraction of sp³-hybridized carbons (Fsp3) is 0. The molecule has 78 valence electrons. The number of nitrogen functional groups attached to an aromatic ring is 1. The van der Waals surface area contributed by atoms with Crippen LogP contribution >= 0.6 is 50.7 Å². The maximum absolute atomic E-state index is 6.03. The molecule has 0 unspecified atom stereocenters. The molecule has 6 heteroatoms. The molecule has 2 nitrogen and oxygen atoms in total. The van der Waals surface area contributed by atoms with Crippen LogP contribution in [0.25, 0.3) is 10.9 Å². The second kappa shape index (κ2) is 3.98. The fourth-order valence-electron chi connectivity index (χ4n) is 1.23. The molecule has 0 atom stereocenters. The van der Waals surface area contributed by atoms with Gasteiger partial charge < -0.3 is 5.73 Å². The van der Waals surface area contributed by atoms with Gasteiger partial charge in [-0.15, -0.1) is 0 Å². The summed E-state index contributed by atoms with van der Waals surface area (Å²) < 4.78 is 0.663. The maximum atomic E-state index is 6.03. The van der Waals surface area contributed by atoms with Crippen LogP contribution in [0, 0.1) is 0 Å². The summed E-state index contributed by atoms with van der Waals surface area (Å²) in [4.78, 5) is 4.10. The molecule has 15 heavy (non-hydrogen) atoms. The lowest BCUT2D eigenvalue weighted by Gasteiger charge is -2.07. The molecule has 0 radical (unpaired) electrons. The zero-order valence-corrected chi connectivity index (χ0v) is 11.0. The molecule has 2 rings (SSSR count). The lowest BCUT2D eigenvalue weighted by molar-refractivity contribution is 1.41. The van der Waals surface area contributed by atoms with Gasteiger partial charge in [-0.05, 0) is 22.0 Å². The van der Waals surface area contributed by atoms with Crippen molar-refractivity contribution in [3.63, 3.8) is 0 Å². The van der Waals surface area contributed by atoms with Gasteiger partial charge in [-0.2, -0.15) is 0 Å². The molecule has 0 amide bonds. The molecular formula is C9H4BrCl3N2. The Hall–Kier alpha value is -0.220. The molecule has 2 aromatic rings. The summed E-state index contributed by atoms with van der Waals surface area (Å²) in [5.41, 5.74) is 6.60. The molecule has 0 fully saturated rings. The normalized spacial score (nSPS) is 10.9. The van der Waals surface area contributed by atoms with Crippen molar-refractivity contribution in [1.29, 1.82) is 0 Å². The van der Waals surface area contributed by atoms with E-state index in [0.717, 1.165) is 0 Å². The van der Waals surface area contributed by atoms with Crippen molar-refractivity contribution in [2.24, 2.45) is 0 Å². The van der Waals surface area contributed by atoms with E-state index >= 15 is 0 Å². The average Bonchev–Trinajstić information content (AvgIpc) is 2.21. The Balaban J connectivity index is 2.98. The molecule has 0 saturated heterocycles. The van der Waals surface area contributed by atoms with Crippen LogP contribution < -0.4 is 5.73 Å². The number of benzene rings is 1. The van der Waals surface area contributed by atoms with Gasteiger partial charge in [-0.25, -0.2) is 0 Å². The molecule has 2 N–H and O–H groups in total. The van der Waals surface area contributed by atoms with Crippen molar-refractivity contribution in [2.45, 2.75) is 0 Å². The summed E-state index contributed by atoms with van der Waals surface area (Å²) >= 11 is 21.3. The number of hydrogen-bond acceptors (Lipinski definition) is 2. The smallest absolute Gasteiger partial charge is 0.0920 e. The lowest BCUT2D eigenvalue weighted by atomic mass is 10.2. The number of halogens is 4. The highest BCUT2D eigenvalue weighted by atomic mass is 79.9. The maximum Gasteiger partial charge on any atom is 0.0920 e. The van der Waals surface area contributed by atoms with E-state index in [0.29, 0.717) is 36.1 Å². The van der Waals surface area contributed by atoms with E-state index in [1.54, 1.807) is 6.07 Å². The van der Waals surface area contributed by atoms with Crippen LogP contribution in [-0.4, -0.2) is 4.98 Å². The average molecular weight is 326 g/mol. The SMILES string of the molecule is Nc1cnc2c(Cl)c(Cl)c(Br)cc2c1Cl. The van der Waals surface area contributed by atoms with Crippen molar-refractivity contribution < 1.29 is 0 Å². The van der Waals surface area contributed by atoms with Crippen LogP contribution in [0.2, 0.25) is 15.1 Å². The van der Waals surface area contributed by atoms with Crippen molar-refractivity contribution in [3.8, 4) is 0 Å². The van der Waals surface area contributed by atoms with Crippen molar-refractivity contribution in [1.82, 2.24) is 4.98 Å². The third-order valence-corrected chi connectivity index (χ3v) is 4.09. The minimum absolute atomic E-state index is 0.364. The Morgan fingerprint density at radius 2 is 1.80 bits per heavy atom. The molecule has 0 saturated carbocycles. The molecule has 0 spiro atoms. The summed E-state index contributed by atoms with van der Waals surface area (Å²) in [7, 11) is 0. The number of pyridine rings is 1. The number of aromatic nitrogens is 1. The van der Waals surface area contributed by atoms with Crippen LogP contribution in [0.5, 0.6) is 0 Å². The third kappa shape index (κ3) is 1.78. The van der Waals surface area contributed by atoms with Gasteiger partial charge in [0.15, 0.2) is 0 Å². The summed E-state index contributed by atoms with van der Waals surface area (Å²) in [5, 5.41) is 1.89. The second-order valence-electron chi connectivity index (χ2n) is 2.91. The number of nitrogens with two attached hydrogens (primary N) is 1. The zero-order valence-electron chi connectivity index (χ0n) is 7.19. The topological polar surface area (TPSA) is 38.9 Å². The highest BCUT2D eigenvalue weighted by Gasteiger charge is 2.13. The highest BCUT2D eigenvalue weighted by Crippen LogP contribution is 2.39. The number of rotatable bonds is 0. The lowest BCUT2D eigenvalue weighted by Crippen LogP contribution is -1.91. The van der Waals surface area contributed by atoms with E-state index in [4.69, 9.17) is 40.5 Å². The monoisotopic (exact) mass is 324 g/mol. The van der Waals surface area contributed by atoms with E-state index in [1.165, 1.54) is 6.20 Å². The number of anilines is 1. The molecule has 0 aliphatic carbocycles. The first-order valence-electron chi connectivity index (χ1n) is 3.89. The van der Waals surface area contributed by atoms with Gasteiger partial charge in [0.05, 0.1) is 32.5 Å². The van der Waals surface area contributed by atoms with Crippen molar-refractivity contribution in [2.75, 3.05) is 5.73 Å². The molecule has 1 aromatic heterocycles. The summed E-state index contributed by atoms with van der Waals surface area (Å²) in [6.07, 6.45) is 1.46. The van der Waals surface area contributed by atoms with Gasteiger partial charge in [-0.1, -0.05) is 34.8 Å². The third-order valence-electron chi connectivity index (χ3n) is 1.96. The van der Waals surface area contributed by atoms with Crippen LogP contribution in [0.1, 0.15) is 0 Å². The quantitative estimate of drug-likeness (QED) is 0.722. The van der Waals surface area contributed by atoms with E-state index in [2.05, 4.69) is 20.9 Å². The molecule has 0 aliphatic rings. The van der Waals surface area contributed by atoms with Crippen LogP contribution in [0.15, 0.2) is 16.7 Å². The summed E-state index contributed by atoms with van der Waals surface area (Å²) in [6.45, 7) is 0. The Kier molecular flexibility index (Phi) is 2.99. The Labute approximate surface area is 109 Å². The molecule has 0 bridgehead atoms. The zero-order chi connectivity index (χ0) is 11.2. The number of fused-ring (bicyclic) bond motifs is 1. The van der Waals surface area contributed by atoms with E-state index in [1.807, 2.05) is 0 Å². The van der Waals surface area contributed by atoms with Crippen LogP contribution in [-0.2, 0) is 0 Å². The first kappa shape index (κ1) is 11.3. The van der Waals surface area contributed by atoms with E-state index < -0.39 is 0 Å². The number of nitrogens with zero attached hydrogens (tertiary/aromatic N) is 1. The fourth-order valence-corrected chi connectivity index (χ4v) is 2.36. The summed E-state index contributed by atoms with van der Waals surface area (Å²) in [6, 6.07) is 1.75. The second-order valence-corrected chi connectivity index (χ2v) is 4.90. The Morgan fingerprint density at radius 1 is 1.13 bits per heavy atom. The van der Waals surface area contributed by atoms with Gasteiger partial charge in [0, 0.05) is 9.86 Å². The minimum Gasteiger partial charge on any atom is -0.396 e. The predicted molar refractivity (Wildman–Crippen MR) is 68.9 cm³/mol. The van der Waals surface area contributed by atoms with Gasteiger partial charge >= 0.3 is 0 Å². The number of hydrogen-bond donors (Lipinski definition) is 1. The van der Waals surface area contributed by atoms with Crippen LogP contribution in [0.4, 0.5) is 5.69 Å². The van der Waals surface area contributed by atoms with E-state index in [9.17, 15) is 0 Å². The largest absolute Gasteiger partial charge is 0.396 e. The van der Waals surface area contributed by atoms with Crippen LogP contribution in [0.3, 0.4) is 0 Å². The molecule has 1 heterocycles. The van der Waals surface area contributed by atoms with Gasteiger partial charge in [0.2, 0.25) is 0 Å². The molecular weight excluding hydrogens is 322 g/mol. The van der Waals surface area contributed by atoms with Gasteiger partial charge in [-0.3, -0.25) is 4.98 Å². The first-order chi connectivity index (χ1) is 7.02. The van der Waals surface area contributed by atoms with Gasteiger partial charge in [0.25, 0.3) is 0 Å². The molecule has 0 aliphatic heterocycles. The standard InChI is InChI=1S/C9H4BrCl3N2/c10-4-1-3-6(11)5(14)2-15-9(3)8(13)7(4)12/h1-2H,14H2. The summed E-state index contributed by atoms with van der Waals surface area (Å²) in [5.74, 6) is 0.